The Morgan fingerprint density at radius 1 is 0.714 bits per heavy atom. The number of para-hydroxylation sites is 2. The smallest absolute Gasteiger partial charge is 0.343 e. The lowest BCUT2D eigenvalue weighted by Crippen LogP contribution is -2.21. The zero-order chi connectivity index (χ0) is 30.1. The second-order valence-electron chi connectivity index (χ2n) is 8.91. The van der Waals surface area contributed by atoms with Gasteiger partial charge in [0.05, 0.1) is 44.4 Å². The van der Waals surface area contributed by atoms with Crippen molar-refractivity contribution in [2.45, 2.75) is 6.92 Å². The van der Waals surface area contributed by atoms with Crippen LogP contribution in [-0.4, -0.2) is 45.3 Å². The Hall–Kier alpha value is -5.64. The standard InChI is InChI=1S/C32H29N3O7/c1-20-13-15-21(16-14-20)32(38)42-26-12-8-5-9-22(26)19-33-35-31(37)24-10-6-7-11-25(24)34-30(36)23-17-27(39-2)29(41-4)28(18-23)40-3/h5-19H,1-4H3,(H,34,36)(H,35,37)/b33-19-. The van der Waals surface area contributed by atoms with Crippen molar-refractivity contribution in [1.29, 1.82) is 0 Å². The van der Waals surface area contributed by atoms with E-state index in [1.807, 2.05) is 19.1 Å². The highest BCUT2D eigenvalue weighted by Gasteiger charge is 2.19. The SMILES string of the molecule is COc1cc(C(=O)Nc2ccccc2C(=O)N/N=C\c2ccccc2OC(=O)c2ccc(C)cc2)cc(OC)c1OC. The molecule has 2 N–H and O–H groups in total. The van der Waals surface area contributed by atoms with Crippen LogP contribution < -0.4 is 29.7 Å². The van der Waals surface area contributed by atoms with Crippen molar-refractivity contribution in [2.24, 2.45) is 5.10 Å². The van der Waals surface area contributed by atoms with E-state index in [2.05, 4.69) is 15.8 Å². The lowest BCUT2D eigenvalue weighted by atomic mass is 10.1. The number of amides is 2. The molecule has 0 spiro atoms. The molecule has 10 heteroatoms. The molecular formula is C32H29N3O7. The van der Waals surface area contributed by atoms with Crippen molar-refractivity contribution >= 4 is 29.7 Å². The first-order valence-electron chi connectivity index (χ1n) is 12.8. The Balaban J connectivity index is 1.47. The molecular weight excluding hydrogens is 538 g/mol. The van der Waals surface area contributed by atoms with Gasteiger partial charge in [-0.2, -0.15) is 5.10 Å². The van der Waals surface area contributed by atoms with E-state index in [0.29, 0.717) is 28.4 Å². The van der Waals surface area contributed by atoms with Gasteiger partial charge in [-0.05, 0) is 55.5 Å². The second-order valence-corrected chi connectivity index (χ2v) is 8.91. The molecule has 4 rings (SSSR count). The highest BCUT2D eigenvalue weighted by molar-refractivity contribution is 6.09. The van der Waals surface area contributed by atoms with Gasteiger partial charge in [-0.15, -0.1) is 0 Å². The van der Waals surface area contributed by atoms with Crippen LogP contribution in [-0.2, 0) is 0 Å². The molecule has 0 aromatic heterocycles. The molecule has 4 aromatic rings. The molecule has 0 aliphatic carbocycles. The number of esters is 1. The summed E-state index contributed by atoms with van der Waals surface area (Å²) in [5.74, 6) is -0.334. The molecule has 0 heterocycles. The normalized spacial score (nSPS) is 10.6. The molecule has 0 atom stereocenters. The van der Waals surface area contributed by atoms with Crippen molar-refractivity contribution in [3.8, 4) is 23.0 Å². The summed E-state index contributed by atoms with van der Waals surface area (Å²) in [6, 6.07) is 23.3. The third-order valence-corrected chi connectivity index (χ3v) is 6.13. The zero-order valence-electron chi connectivity index (χ0n) is 23.5. The van der Waals surface area contributed by atoms with Crippen LogP contribution in [0.2, 0.25) is 0 Å². The fourth-order valence-corrected chi connectivity index (χ4v) is 3.95. The minimum atomic E-state index is -0.568. The van der Waals surface area contributed by atoms with E-state index in [0.717, 1.165) is 5.56 Å². The van der Waals surface area contributed by atoms with Gasteiger partial charge in [0.1, 0.15) is 5.75 Å². The average Bonchev–Trinajstić information content (AvgIpc) is 3.01. The van der Waals surface area contributed by atoms with Crippen molar-refractivity contribution in [3.05, 3.63) is 113 Å². The Labute approximate surface area is 242 Å². The molecule has 0 bridgehead atoms. The highest BCUT2D eigenvalue weighted by Crippen LogP contribution is 2.38. The number of carbonyl (C=O) groups excluding carboxylic acids is 3. The molecule has 0 unspecified atom stereocenters. The van der Waals surface area contributed by atoms with Gasteiger partial charge in [0.15, 0.2) is 11.5 Å². The van der Waals surface area contributed by atoms with E-state index in [1.54, 1.807) is 60.7 Å². The number of hydrogen-bond acceptors (Lipinski definition) is 8. The first-order valence-corrected chi connectivity index (χ1v) is 12.8. The van der Waals surface area contributed by atoms with E-state index >= 15 is 0 Å². The summed E-state index contributed by atoms with van der Waals surface area (Å²) in [6.07, 6.45) is 1.37. The lowest BCUT2D eigenvalue weighted by molar-refractivity contribution is 0.0733. The molecule has 2 amide bonds. The quantitative estimate of drug-likeness (QED) is 0.116. The minimum Gasteiger partial charge on any atom is -0.493 e. The van der Waals surface area contributed by atoms with Crippen molar-refractivity contribution in [2.75, 3.05) is 26.6 Å². The number of hydrogen-bond donors (Lipinski definition) is 2. The van der Waals surface area contributed by atoms with Gasteiger partial charge in [0.2, 0.25) is 5.75 Å². The van der Waals surface area contributed by atoms with Crippen LogP contribution in [0.5, 0.6) is 23.0 Å². The maximum atomic E-state index is 13.1. The molecule has 0 radical (unpaired) electrons. The molecule has 42 heavy (non-hydrogen) atoms. The largest absolute Gasteiger partial charge is 0.493 e. The summed E-state index contributed by atoms with van der Waals surface area (Å²) in [6.45, 7) is 1.93. The third-order valence-electron chi connectivity index (χ3n) is 6.13. The first-order chi connectivity index (χ1) is 20.3. The van der Waals surface area contributed by atoms with E-state index in [-0.39, 0.29) is 22.6 Å². The summed E-state index contributed by atoms with van der Waals surface area (Å²) >= 11 is 0. The minimum absolute atomic E-state index is 0.175. The average molecular weight is 568 g/mol. The van der Waals surface area contributed by atoms with Crippen LogP contribution in [0.15, 0.2) is 90.0 Å². The third kappa shape index (κ3) is 6.92. The van der Waals surface area contributed by atoms with E-state index in [9.17, 15) is 14.4 Å². The molecule has 0 saturated carbocycles. The molecule has 0 aliphatic rings. The molecule has 214 valence electrons. The van der Waals surface area contributed by atoms with Crippen molar-refractivity contribution < 1.29 is 33.3 Å². The Morgan fingerprint density at radius 3 is 2.02 bits per heavy atom. The van der Waals surface area contributed by atoms with Gasteiger partial charge in [-0.3, -0.25) is 9.59 Å². The fraction of sp³-hybridized carbons (Fsp3) is 0.125. The lowest BCUT2D eigenvalue weighted by Gasteiger charge is -2.15. The Kier molecular flexibility index (Phi) is 9.52. The molecule has 0 fully saturated rings. The van der Waals surface area contributed by atoms with Crippen molar-refractivity contribution in [1.82, 2.24) is 5.43 Å². The first kappa shape index (κ1) is 29.3. The Bertz CT molecular complexity index is 1610. The molecule has 0 aliphatic heterocycles. The summed E-state index contributed by atoms with van der Waals surface area (Å²) in [5, 5.41) is 6.78. The van der Waals surface area contributed by atoms with Gasteiger partial charge in [-0.1, -0.05) is 42.0 Å². The predicted octanol–water partition coefficient (Wildman–Crippen LogP) is 5.26. The summed E-state index contributed by atoms with van der Waals surface area (Å²) in [5.41, 5.74) is 5.03. The monoisotopic (exact) mass is 567 g/mol. The molecule has 4 aromatic carbocycles. The second kappa shape index (κ2) is 13.6. The highest BCUT2D eigenvalue weighted by atomic mass is 16.5. The van der Waals surface area contributed by atoms with Gasteiger partial charge in [0.25, 0.3) is 11.8 Å². The van der Waals surface area contributed by atoms with E-state index in [1.165, 1.54) is 39.7 Å². The number of nitrogens with zero attached hydrogens (tertiary/aromatic N) is 1. The topological polar surface area (TPSA) is 125 Å². The number of nitrogens with one attached hydrogen (secondary N) is 2. The number of methoxy groups -OCH3 is 3. The summed E-state index contributed by atoms with van der Waals surface area (Å²) in [7, 11) is 4.37. The van der Waals surface area contributed by atoms with Crippen LogP contribution in [0.3, 0.4) is 0 Å². The summed E-state index contributed by atoms with van der Waals surface area (Å²) in [4.78, 5) is 38.7. The number of rotatable bonds is 10. The van der Waals surface area contributed by atoms with Crippen LogP contribution in [0, 0.1) is 6.92 Å². The number of anilines is 1. The van der Waals surface area contributed by atoms with Crippen LogP contribution in [0.25, 0.3) is 0 Å². The zero-order valence-corrected chi connectivity index (χ0v) is 23.5. The summed E-state index contributed by atoms with van der Waals surface area (Å²) < 4.78 is 21.5. The fourth-order valence-electron chi connectivity index (χ4n) is 3.95. The van der Waals surface area contributed by atoms with Crippen LogP contribution in [0.4, 0.5) is 5.69 Å². The predicted molar refractivity (Wildman–Crippen MR) is 158 cm³/mol. The van der Waals surface area contributed by atoms with Gasteiger partial charge in [0, 0.05) is 11.1 Å². The molecule has 10 nitrogen and oxygen atoms in total. The van der Waals surface area contributed by atoms with Gasteiger partial charge in [-0.25, -0.2) is 10.2 Å². The molecule has 0 saturated heterocycles. The van der Waals surface area contributed by atoms with Crippen molar-refractivity contribution in [3.63, 3.8) is 0 Å². The number of benzene rings is 4. The number of hydrazone groups is 1. The van der Waals surface area contributed by atoms with Gasteiger partial charge >= 0.3 is 5.97 Å². The number of carbonyl (C=O) groups is 3. The number of ether oxygens (including phenoxy) is 4. The number of aryl methyl sites for hydroxylation is 1. The maximum Gasteiger partial charge on any atom is 0.343 e. The van der Waals surface area contributed by atoms with Crippen LogP contribution >= 0.6 is 0 Å². The van der Waals surface area contributed by atoms with Crippen LogP contribution in [0.1, 0.15) is 42.2 Å². The van der Waals surface area contributed by atoms with Gasteiger partial charge < -0.3 is 24.3 Å². The van der Waals surface area contributed by atoms with E-state index < -0.39 is 17.8 Å². The maximum absolute atomic E-state index is 13.1. The Morgan fingerprint density at radius 2 is 1.36 bits per heavy atom. The van der Waals surface area contributed by atoms with E-state index in [4.69, 9.17) is 18.9 Å².